The van der Waals surface area contributed by atoms with Crippen LogP contribution in [0.2, 0.25) is 0 Å². The molecular formula is C21H20N6O3. The molecule has 4 rings (SSSR count). The summed E-state index contributed by atoms with van der Waals surface area (Å²) in [5.41, 5.74) is 2.18. The zero-order valence-electron chi connectivity index (χ0n) is 16.1. The highest BCUT2D eigenvalue weighted by Gasteiger charge is 2.27. The predicted molar refractivity (Wildman–Crippen MR) is 112 cm³/mol. The van der Waals surface area contributed by atoms with E-state index in [-0.39, 0.29) is 17.5 Å². The van der Waals surface area contributed by atoms with E-state index in [1.807, 2.05) is 24.3 Å². The van der Waals surface area contributed by atoms with Crippen molar-refractivity contribution in [2.24, 2.45) is 5.92 Å². The van der Waals surface area contributed by atoms with Gasteiger partial charge in [0.15, 0.2) is 5.82 Å². The summed E-state index contributed by atoms with van der Waals surface area (Å²) >= 11 is 0. The second kappa shape index (κ2) is 8.64. The van der Waals surface area contributed by atoms with Crippen LogP contribution in [0.5, 0.6) is 0 Å². The molecule has 9 heteroatoms. The predicted octanol–water partition coefficient (Wildman–Crippen LogP) is 3.30. The molecule has 3 aromatic rings. The number of carbonyl (C=O) groups is 1. The number of benzene rings is 1. The van der Waals surface area contributed by atoms with Gasteiger partial charge >= 0.3 is 0 Å². The van der Waals surface area contributed by atoms with Crippen LogP contribution < -0.4 is 10.2 Å². The van der Waals surface area contributed by atoms with Crippen LogP contribution in [0, 0.1) is 16.0 Å². The van der Waals surface area contributed by atoms with Crippen molar-refractivity contribution in [3.8, 4) is 11.3 Å². The smallest absolute Gasteiger partial charge is 0.269 e. The average molecular weight is 404 g/mol. The second-order valence-corrected chi connectivity index (χ2v) is 7.10. The molecule has 1 aromatic carbocycles. The zero-order valence-corrected chi connectivity index (χ0v) is 16.1. The van der Waals surface area contributed by atoms with Gasteiger partial charge < -0.3 is 10.2 Å². The lowest BCUT2D eigenvalue weighted by molar-refractivity contribution is -0.384. The number of nitro groups is 1. The number of nitrogens with zero attached hydrogens (tertiary/aromatic N) is 5. The molecule has 1 N–H and O–H groups in total. The lowest BCUT2D eigenvalue weighted by atomic mass is 9.97. The van der Waals surface area contributed by atoms with Gasteiger partial charge in [0.05, 0.1) is 16.5 Å². The summed E-state index contributed by atoms with van der Waals surface area (Å²) in [6, 6.07) is 13.4. The van der Waals surface area contributed by atoms with Crippen LogP contribution >= 0.6 is 0 Å². The van der Waals surface area contributed by atoms with E-state index in [2.05, 4.69) is 25.4 Å². The number of nitro benzene ring substituents is 1. The monoisotopic (exact) mass is 404 g/mol. The molecule has 2 aromatic heterocycles. The summed E-state index contributed by atoms with van der Waals surface area (Å²) in [5, 5.41) is 22.2. The molecule has 0 saturated carbocycles. The number of hydrogen-bond acceptors (Lipinski definition) is 7. The van der Waals surface area contributed by atoms with Gasteiger partial charge in [-0.3, -0.25) is 19.9 Å². The van der Waals surface area contributed by atoms with E-state index in [4.69, 9.17) is 0 Å². The molecule has 1 fully saturated rings. The highest BCUT2D eigenvalue weighted by molar-refractivity contribution is 5.93. The lowest BCUT2D eigenvalue weighted by Crippen LogP contribution is -2.41. The average Bonchev–Trinajstić information content (AvgIpc) is 2.80. The summed E-state index contributed by atoms with van der Waals surface area (Å²) in [6.07, 6.45) is 5.09. The van der Waals surface area contributed by atoms with Crippen LogP contribution in [-0.4, -0.2) is 39.1 Å². The largest absolute Gasteiger partial charge is 0.354 e. The number of pyridine rings is 1. The number of hydrogen-bond donors (Lipinski definition) is 1. The van der Waals surface area contributed by atoms with Crippen LogP contribution in [0.3, 0.4) is 0 Å². The second-order valence-electron chi connectivity index (χ2n) is 7.10. The van der Waals surface area contributed by atoms with Gasteiger partial charge in [-0.25, -0.2) is 0 Å². The molecule has 9 nitrogen and oxygen atoms in total. The fourth-order valence-corrected chi connectivity index (χ4v) is 3.47. The molecule has 0 aliphatic carbocycles. The Kier molecular flexibility index (Phi) is 5.60. The minimum absolute atomic E-state index is 0.00912. The maximum Gasteiger partial charge on any atom is 0.269 e. The van der Waals surface area contributed by atoms with Crippen molar-refractivity contribution in [3.63, 3.8) is 0 Å². The Bertz CT molecular complexity index is 1020. The van der Waals surface area contributed by atoms with E-state index >= 15 is 0 Å². The van der Waals surface area contributed by atoms with Crippen molar-refractivity contribution in [2.75, 3.05) is 23.3 Å². The normalized spacial score (nSPS) is 16.1. The first-order valence-electron chi connectivity index (χ1n) is 9.64. The summed E-state index contributed by atoms with van der Waals surface area (Å²) in [5.74, 6) is 0.428. The van der Waals surface area contributed by atoms with Gasteiger partial charge in [0.1, 0.15) is 0 Å². The molecule has 1 aliphatic heterocycles. The minimum atomic E-state index is -0.467. The van der Waals surface area contributed by atoms with Gasteiger partial charge in [-0.1, -0.05) is 0 Å². The highest BCUT2D eigenvalue weighted by Crippen LogP contribution is 2.24. The molecule has 1 amide bonds. The summed E-state index contributed by atoms with van der Waals surface area (Å²) in [6.45, 7) is 1.35. The van der Waals surface area contributed by atoms with Crippen LogP contribution in [0.25, 0.3) is 11.3 Å². The number of rotatable bonds is 5. The Morgan fingerprint density at radius 2 is 1.97 bits per heavy atom. The van der Waals surface area contributed by atoms with Gasteiger partial charge in [0.2, 0.25) is 5.91 Å². The van der Waals surface area contributed by atoms with Gasteiger partial charge in [-0.15, -0.1) is 10.2 Å². The van der Waals surface area contributed by atoms with Crippen molar-refractivity contribution in [3.05, 3.63) is 71.0 Å². The van der Waals surface area contributed by atoms with Crippen LogP contribution in [0.4, 0.5) is 17.2 Å². The van der Waals surface area contributed by atoms with E-state index < -0.39 is 4.92 Å². The molecule has 1 unspecified atom stereocenters. The Hall–Kier alpha value is -3.88. The van der Waals surface area contributed by atoms with Crippen LogP contribution in [0.1, 0.15) is 12.8 Å². The molecule has 0 bridgehead atoms. The third-order valence-corrected chi connectivity index (χ3v) is 5.07. The highest BCUT2D eigenvalue weighted by atomic mass is 16.6. The minimum Gasteiger partial charge on any atom is -0.354 e. The SMILES string of the molecule is O=C(Nc1ccc([N+](=O)[O-])cc1)C1CCCN(c2ccc(-c3cccnc3)nn2)C1. The van der Waals surface area contributed by atoms with Gasteiger partial charge in [-0.2, -0.15) is 0 Å². The topological polar surface area (TPSA) is 114 Å². The lowest BCUT2D eigenvalue weighted by Gasteiger charge is -2.32. The first-order valence-corrected chi connectivity index (χ1v) is 9.64. The number of anilines is 2. The number of aromatic nitrogens is 3. The molecule has 152 valence electrons. The third-order valence-electron chi connectivity index (χ3n) is 5.07. The quantitative estimate of drug-likeness (QED) is 0.512. The Balaban J connectivity index is 1.40. The van der Waals surface area contributed by atoms with Crippen LogP contribution in [-0.2, 0) is 4.79 Å². The molecular weight excluding hydrogens is 384 g/mol. The molecule has 0 radical (unpaired) electrons. The maximum atomic E-state index is 12.7. The van der Waals surface area contributed by atoms with Gasteiger partial charge in [0.25, 0.3) is 5.69 Å². The number of amides is 1. The van der Waals surface area contributed by atoms with Crippen molar-refractivity contribution < 1.29 is 9.72 Å². The number of carbonyl (C=O) groups excluding carboxylic acids is 1. The first-order chi connectivity index (χ1) is 14.6. The summed E-state index contributed by atoms with van der Waals surface area (Å²) in [7, 11) is 0. The van der Waals surface area contributed by atoms with Crippen molar-refractivity contribution in [2.45, 2.75) is 12.8 Å². The van der Waals surface area contributed by atoms with Gasteiger partial charge in [0, 0.05) is 48.9 Å². The first kappa shape index (κ1) is 19.4. The van der Waals surface area contributed by atoms with E-state index in [0.717, 1.165) is 36.5 Å². The third kappa shape index (κ3) is 4.40. The van der Waals surface area contributed by atoms with E-state index in [1.54, 1.807) is 24.5 Å². The standard InChI is InChI=1S/C21H20N6O3/c28-21(23-17-5-7-18(8-6-17)27(29)30)16-4-2-12-26(14-16)20-10-9-19(24-25-20)15-3-1-11-22-13-15/h1,3,5-11,13,16H,2,4,12,14H2,(H,23,28). The summed E-state index contributed by atoms with van der Waals surface area (Å²) in [4.78, 5) is 29.1. The van der Waals surface area contributed by atoms with Crippen LogP contribution in [0.15, 0.2) is 60.9 Å². The van der Waals surface area contributed by atoms with E-state index in [1.165, 1.54) is 12.1 Å². The Morgan fingerprint density at radius 1 is 1.13 bits per heavy atom. The number of nitrogens with one attached hydrogen (secondary N) is 1. The van der Waals surface area contributed by atoms with Gasteiger partial charge in [-0.05, 0) is 49.2 Å². The Morgan fingerprint density at radius 3 is 2.63 bits per heavy atom. The van der Waals surface area contributed by atoms with E-state index in [0.29, 0.717) is 12.2 Å². The zero-order chi connectivity index (χ0) is 20.9. The molecule has 0 spiro atoms. The van der Waals surface area contributed by atoms with Crippen molar-refractivity contribution >= 4 is 23.1 Å². The maximum absolute atomic E-state index is 12.7. The molecule has 1 aliphatic rings. The number of non-ortho nitro benzene ring substituents is 1. The van der Waals surface area contributed by atoms with E-state index in [9.17, 15) is 14.9 Å². The molecule has 3 heterocycles. The fraction of sp³-hybridized carbons (Fsp3) is 0.238. The molecule has 30 heavy (non-hydrogen) atoms. The Labute approximate surface area is 172 Å². The number of piperidine rings is 1. The molecule has 1 saturated heterocycles. The fourth-order valence-electron chi connectivity index (χ4n) is 3.47. The molecule has 1 atom stereocenters. The van der Waals surface area contributed by atoms with Crippen molar-refractivity contribution in [1.29, 1.82) is 0 Å². The summed E-state index contributed by atoms with van der Waals surface area (Å²) < 4.78 is 0. The van der Waals surface area contributed by atoms with Crippen molar-refractivity contribution in [1.82, 2.24) is 15.2 Å².